The number of rotatable bonds is 2. The normalized spacial score (nSPS) is 32.6. The maximum atomic E-state index is 11.7. The zero-order valence-electron chi connectivity index (χ0n) is 11.7. The van der Waals surface area contributed by atoms with E-state index in [0.29, 0.717) is 5.57 Å². The van der Waals surface area contributed by atoms with E-state index in [1.807, 2.05) is 30.3 Å². The predicted molar refractivity (Wildman–Crippen MR) is 75.6 cm³/mol. The smallest absolute Gasteiger partial charge is 0.332 e. The molecule has 0 aromatic heterocycles. The summed E-state index contributed by atoms with van der Waals surface area (Å²) in [7, 11) is 0. The van der Waals surface area contributed by atoms with Gasteiger partial charge >= 0.3 is 5.97 Å². The Hall–Kier alpha value is -1.83. The van der Waals surface area contributed by atoms with Crippen LogP contribution in [0.2, 0.25) is 0 Å². The molecule has 0 radical (unpaired) electrons. The zero-order chi connectivity index (χ0) is 14.0. The molecule has 98 valence electrons. The van der Waals surface area contributed by atoms with E-state index in [9.17, 15) is 9.90 Å². The maximum absolute atomic E-state index is 11.7. The molecule has 2 atom stereocenters. The molecule has 0 unspecified atom stereocenters. The molecule has 0 fully saturated rings. The summed E-state index contributed by atoms with van der Waals surface area (Å²) in [5.41, 5.74) is 4.72. The van der Waals surface area contributed by atoms with Crippen molar-refractivity contribution in [2.24, 2.45) is 10.8 Å². The molecule has 2 heteroatoms. The number of carboxylic acid groups (broad SMARTS) is 1. The van der Waals surface area contributed by atoms with Gasteiger partial charge in [-0.15, -0.1) is 0 Å². The fourth-order valence-electron chi connectivity index (χ4n) is 4.11. The Morgan fingerprint density at radius 3 is 2.05 bits per heavy atom. The van der Waals surface area contributed by atoms with Gasteiger partial charge in [0.25, 0.3) is 0 Å². The van der Waals surface area contributed by atoms with Crippen LogP contribution in [0, 0.1) is 10.8 Å². The first-order valence-electron chi connectivity index (χ1n) is 6.59. The van der Waals surface area contributed by atoms with Crippen molar-refractivity contribution in [3.8, 4) is 0 Å². The fraction of sp³-hybridized carbons (Fsp3) is 0.353. The molecule has 0 amide bonds. The van der Waals surface area contributed by atoms with Crippen LogP contribution in [-0.2, 0) is 4.79 Å². The van der Waals surface area contributed by atoms with Gasteiger partial charge in [0.2, 0.25) is 0 Å². The van der Waals surface area contributed by atoms with Crippen LogP contribution >= 0.6 is 0 Å². The predicted octanol–water partition coefficient (Wildman–Crippen LogP) is 3.90. The number of aliphatic carboxylic acids is 1. The Balaban J connectivity index is 2.26. The van der Waals surface area contributed by atoms with Gasteiger partial charge in [-0.25, -0.2) is 4.79 Å². The van der Waals surface area contributed by atoms with Crippen LogP contribution < -0.4 is 0 Å². The summed E-state index contributed by atoms with van der Waals surface area (Å²) in [5.74, 6) is -0.786. The van der Waals surface area contributed by atoms with Crippen molar-refractivity contribution in [2.45, 2.75) is 27.7 Å². The lowest BCUT2D eigenvalue weighted by molar-refractivity contribution is -0.135. The maximum Gasteiger partial charge on any atom is 0.332 e. The molecule has 2 nitrogen and oxygen atoms in total. The standard InChI is InChI=1S/C17H18O2/c1-10-11(2)17(4)14(15(18)19)13(16(10,17)3)12-8-6-5-7-9-12/h5-9H,1-4H3,(H,18,19)/t16-,17-/m1/s1. The first-order chi connectivity index (χ1) is 8.86. The van der Waals surface area contributed by atoms with Crippen LogP contribution in [0.4, 0.5) is 0 Å². The number of allylic oxidation sites excluding steroid dienone is 3. The van der Waals surface area contributed by atoms with Crippen LogP contribution in [0.5, 0.6) is 0 Å². The lowest BCUT2D eigenvalue weighted by atomic mass is 9.35. The highest BCUT2D eigenvalue weighted by Crippen LogP contribution is 2.77. The average molecular weight is 254 g/mol. The number of carboxylic acids is 1. The summed E-state index contributed by atoms with van der Waals surface area (Å²) < 4.78 is 0. The lowest BCUT2D eigenvalue weighted by Crippen LogP contribution is -2.60. The van der Waals surface area contributed by atoms with E-state index in [2.05, 4.69) is 27.7 Å². The monoisotopic (exact) mass is 254 g/mol. The van der Waals surface area contributed by atoms with Crippen molar-refractivity contribution in [1.29, 1.82) is 0 Å². The second-order valence-corrected chi connectivity index (χ2v) is 5.92. The highest BCUT2D eigenvalue weighted by atomic mass is 16.4. The quantitative estimate of drug-likeness (QED) is 0.813. The van der Waals surface area contributed by atoms with Gasteiger partial charge in [-0.05, 0) is 25.0 Å². The molecule has 1 aromatic carbocycles. The summed E-state index contributed by atoms with van der Waals surface area (Å²) in [6.45, 7) is 8.41. The summed E-state index contributed by atoms with van der Waals surface area (Å²) >= 11 is 0. The number of benzene rings is 1. The van der Waals surface area contributed by atoms with Crippen molar-refractivity contribution in [3.05, 3.63) is 52.6 Å². The summed E-state index contributed by atoms with van der Waals surface area (Å²) in [6.07, 6.45) is 0. The molecule has 3 rings (SSSR count). The molecule has 0 saturated carbocycles. The minimum absolute atomic E-state index is 0.119. The first-order valence-corrected chi connectivity index (χ1v) is 6.59. The van der Waals surface area contributed by atoms with Crippen molar-refractivity contribution in [3.63, 3.8) is 0 Å². The van der Waals surface area contributed by atoms with Crippen molar-refractivity contribution < 1.29 is 9.90 Å². The fourth-order valence-corrected chi connectivity index (χ4v) is 4.11. The molecular weight excluding hydrogens is 236 g/mol. The molecule has 2 aliphatic carbocycles. The summed E-state index contributed by atoms with van der Waals surface area (Å²) in [4.78, 5) is 11.7. The molecule has 2 aliphatic rings. The van der Waals surface area contributed by atoms with E-state index in [4.69, 9.17) is 0 Å². The molecule has 0 spiro atoms. The first kappa shape index (κ1) is 12.2. The van der Waals surface area contributed by atoms with E-state index < -0.39 is 5.97 Å². The summed E-state index contributed by atoms with van der Waals surface area (Å²) in [6, 6.07) is 9.89. The minimum atomic E-state index is -0.786. The van der Waals surface area contributed by atoms with Gasteiger partial charge in [0, 0.05) is 10.8 Å². The van der Waals surface area contributed by atoms with Gasteiger partial charge in [-0.3, -0.25) is 0 Å². The van der Waals surface area contributed by atoms with E-state index >= 15 is 0 Å². The van der Waals surface area contributed by atoms with Gasteiger partial charge in [-0.1, -0.05) is 55.3 Å². The highest BCUT2D eigenvalue weighted by molar-refractivity contribution is 6.08. The Bertz CT molecular complexity index is 651. The summed E-state index contributed by atoms with van der Waals surface area (Å²) in [5, 5.41) is 9.59. The number of fused-ring (bicyclic) bond motifs is 1. The third kappa shape index (κ3) is 1.07. The Morgan fingerprint density at radius 1 is 1.00 bits per heavy atom. The zero-order valence-corrected chi connectivity index (χ0v) is 11.7. The molecule has 0 saturated heterocycles. The van der Waals surface area contributed by atoms with Gasteiger partial charge in [0.15, 0.2) is 0 Å². The van der Waals surface area contributed by atoms with E-state index in [1.54, 1.807) is 0 Å². The van der Waals surface area contributed by atoms with E-state index in [1.165, 1.54) is 11.1 Å². The topological polar surface area (TPSA) is 37.3 Å². The highest BCUT2D eigenvalue weighted by Gasteiger charge is 2.69. The van der Waals surface area contributed by atoms with E-state index in [-0.39, 0.29) is 10.8 Å². The number of hydrogen-bond donors (Lipinski definition) is 1. The van der Waals surface area contributed by atoms with Crippen LogP contribution in [0.15, 0.2) is 47.1 Å². The van der Waals surface area contributed by atoms with Crippen LogP contribution in [0.25, 0.3) is 5.57 Å². The molecule has 1 aromatic rings. The third-order valence-corrected chi connectivity index (χ3v) is 5.59. The van der Waals surface area contributed by atoms with E-state index in [0.717, 1.165) is 11.1 Å². The Labute approximate surface area is 113 Å². The molecule has 0 heterocycles. The molecular formula is C17H18O2. The number of hydrogen-bond acceptors (Lipinski definition) is 1. The van der Waals surface area contributed by atoms with Gasteiger partial charge in [0.1, 0.15) is 0 Å². The lowest BCUT2D eigenvalue weighted by Gasteiger charge is -2.67. The largest absolute Gasteiger partial charge is 0.478 e. The molecule has 1 N–H and O–H groups in total. The van der Waals surface area contributed by atoms with Crippen molar-refractivity contribution in [2.75, 3.05) is 0 Å². The molecule has 0 aliphatic heterocycles. The van der Waals surface area contributed by atoms with Crippen molar-refractivity contribution >= 4 is 11.5 Å². The van der Waals surface area contributed by atoms with Gasteiger partial charge in [-0.2, -0.15) is 0 Å². The van der Waals surface area contributed by atoms with Crippen LogP contribution in [0.3, 0.4) is 0 Å². The second-order valence-electron chi connectivity index (χ2n) is 5.92. The average Bonchev–Trinajstić information content (AvgIpc) is 2.41. The third-order valence-electron chi connectivity index (χ3n) is 5.59. The Morgan fingerprint density at radius 2 is 1.53 bits per heavy atom. The van der Waals surface area contributed by atoms with Gasteiger partial charge < -0.3 is 5.11 Å². The molecule has 19 heavy (non-hydrogen) atoms. The second kappa shape index (κ2) is 3.38. The van der Waals surface area contributed by atoms with Crippen LogP contribution in [-0.4, -0.2) is 11.1 Å². The van der Waals surface area contributed by atoms with Gasteiger partial charge in [0.05, 0.1) is 5.57 Å². The van der Waals surface area contributed by atoms with Crippen LogP contribution in [0.1, 0.15) is 33.3 Å². The van der Waals surface area contributed by atoms with Crippen molar-refractivity contribution in [1.82, 2.24) is 0 Å². The minimum Gasteiger partial charge on any atom is -0.478 e. The Kier molecular flexibility index (Phi) is 2.17. The SMILES string of the molecule is CC1=C(C)[C@]2(C)C(c3ccccc3)=C(C(=O)O)[C@@]12C. The number of carbonyl (C=O) groups is 1. The molecule has 0 bridgehead atoms.